The molecule has 10 rings (SSSR count). The maximum atomic E-state index is 6.66. The van der Waals surface area contributed by atoms with Crippen molar-refractivity contribution in [1.82, 2.24) is 0 Å². The Morgan fingerprint density at radius 1 is 0.388 bits per heavy atom. The smallest absolute Gasteiger partial charge is 0.143 e. The van der Waals surface area contributed by atoms with Crippen LogP contribution in [0.2, 0.25) is 0 Å². The topological polar surface area (TPSA) is 16.4 Å². The first-order valence-electron chi connectivity index (χ1n) is 16.6. The molecule has 0 amide bonds. The van der Waals surface area contributed by atoms with Crippen LogP contribution in [0, 0.1) is 0 Å². The Hall–Kier alpha value is -6.16. The molecule has 0 aliphatic heterocycles. The predicted molar refractivity (Wildman–Crippen MR) is 210 cm³/mol. The number of thiophene rings is 1. The molecule has 0 unspecified atom stereocenters. The van der Waals surface area contributed by atoms with E-state index in [4.69, 9.17) is 4.42 Å². The molecule has 0 N–H and O–H groups in total. The van der Waals surface area contributed by atoms with Crippen LogP contribution in [0.5, 0.6) is 0 Å². The summed E-state index contributed by atoms with van der Waals surface area (Å²) in [5.74, 6) is 0. The van der Waals surface area contributed by atoms with Crippen molar-refractivity contribution >= 4 is 81.3 Å². The molecular weight excluding hydrogens is 615 g/mol. The van der Waals surface area contributed by atoms with Gasteiger partial charge in [0.25, 0.3) is 0 Å². The number of hydrogen-bond acceptors (Lipinski definition) is 3. The van der Waals surface area contributed by atoms with Gasteiger partial charge >= 0.3 is 0 Å². The molecule has 0 atom stereocenters. The van der Waals surface area contributed by atoms with E-state index < -0.39 is 0 Å². The lowest BCUT2D eigenvalue weighted by Crippen LogP contribution is -2.10. The summed E-state index contributed by atoms with van der Waals surface area (Å²) < 4.78 is 9.17. The molecule has 8 aromatic carbocycles. The predicted octanol–water partition coefficient (Wildman–Crippen LogP) is 13.9. The fourth-order valence-corrected chi connectivity index (χ4v) is 8.50. The summed E-state index contributed by atoms with van der Waals surface area (Å²) in [6.45, 7) is 0. The molecular formula is C46H29NOS. The van der Waals surface area contributed by atoms with Crippen molar-refractivity contribution in [1.29, 1.82) is 0 Å². The van der Waals surface area contributed by atoms with Gasteiger partial charge in [0.1, 0.15) is 11.2 Å². The van der Waals surface area contributed by atoms with Gasteiger partial charge in [-0.15, -0.1) is 11.3 Å². The molecule has 49 heavy (non-hydrogen) atoms. The molecule has 0 fully saturated rings. The number of benzene rings is 8. The second kappa shape index (κ2) is 11.2. The minimum absolute atomic E-state index is 0.916. The average Bonchev–Trinajstić information content (AvgIpc) is 3.75. The summed E-state index contributed by atoms with van der Waals surface area (Å²) >= 11 is 1.85. The Balaban J connectivity index is 1.23. The monoisotopic (exact) mass is 643 g/mol. The van der Waals surface area contributed by atoms with E-state index in [1.54, 1.807) is 0 Å². The molecule has 230 valence electrons. The van der Waals surface area contributed by atoms with Gasteiger partial charge in [0.2, 0.25) is 0 Å². The normalized spacial score (nSPS) is 11.7. The van der Waals surface area contributed by atoms with Crippen LogP contribution in [-0.4, -0.2) is 0 Å². The number of fused-ring (bicyclic) bond motifs is 9. The van der Waals surface area contributed by atoms with E-state index in [-0.39, 0.29) is 0 Å². The van der Waals surface area contributed by atoms with Crippen LogP contribution in [0.15, 0.2) is 180 Å². The van der Waals surface area contributed by atoms with Crippen LogP contribution in [0.25, 0.3) is 75.1 Å². The van der Waals surface area contributed by atoms with Crippen molar-refractivity contribution in [2.24, 2.45) is 0 Å². The molecule has 3 heteroatoms. The van der Waals surface area contributed by atoms with Crippen LogP contribution in [0.1, 0.15) is 0 Å². The van der Waals surface area contributed by atoms with E-state index in [0.717, 1.165) is 39.0 Å². The average molecular weight is 644 g/mol. The fourth-order valence-electron chi connectivity index (χ4n) is 7.36. The first-order chi connectivity index (χ1) is 24.3. The van der Waals surface area contributed by atoms with E-state index in [0.29, 0.717) is 0 Å². The van der Waals surface area contributed by atoms with E-state index in [1.807, 2.05) is 11.3 Å². The van der Waals surface area contributed by atoms with Crippen molar-refractivity contribution in [2.75, 3.05) is 4.90 Å². The van der Waals surface area contributed by atoms with Crippen LogP contribution in [-0.2, 0) is 0 Å². The van der Waals surface area contributed by atoms with Crippen molar-refractivity contribution in [3.63, 3.8) is 0 Å². The standard InChI is InChI=1S/C46H29NOS/c1-3-10-30(11-4-1)32-18-23-35(24-19-32)47(36-25-20-33(21-26-36)31-12-5-2-6-13-31)39-16-9-17-41-44(39)45-42(49-41)29-28-40-43(45)38-27-22-34-14-7-8-15-37(34)46(38)48-40/h1-29H. The zero-order valence-corrected chi connectivity index (χ0v) is 27.3. The first kappa shape index (κ1) is 27.9. The van der Waals surface area contributed by atoms with Gasteiger partial charge in [-0.1, -0.05) is 121 Å². The van der Waals surface area contributed by atoms with Gasteiger partial charge in [-0.2, -0.15) is 0 Å². The van der Waals surface area contributed by atoms with Gasteiger partial charge in [0.15, 0.2) is 0 Å². The van der Waals surface area contributed by atoms with E-state index in [2.05, 4.69) is 181 Å². The van der Waals surface area contributed by atoms with Gasteiger partial charge in [0.05, 0.1) is 5.69 Å². The lowest BCUT2D eigenvalue weighted by molar-refractivity contribution is 0.673. The number of furan rings is 1. The highest BCUT2D eigenvalue weighted by Crippen LogP contribution is 2.49. The number of rotatable bonds is 5. The zero-order chi connectivity index (χ0) is 32.3. The lowest BCUT2D eigenvalue weighted by atomic mass is 10.0. The third-order valence-electron chi connectivity index (χ3n) is 9.67. The number of nitrogens with zero attached hydrogens (tertiary/aromatic N) is 1. The Bertz CT molecular complexity index is 2710. The van der Waals surface area contributed by atoms with Gasteiger partial charge in [-0.3, -0.25) is 0 Å². The molecule has 0 aliphatic rings. The van der Waals surface area contributed by atoms with Gasteiger partial charge in [-0.05, 0) is 82.2 Å². The highest BCUT2D eigenvalue weighted by atomic mass is 32.1. The summed E-state index contributed by atoms with van der Waals surface area (Å²) in [4.78, 5) is 2.41. The van der Waals surface area contributed by atoms with Crippen LogP contribution < -0.4 is 4.90 Å². The van der Waals surface area contributed by atoms with E-state index >= 15 is 0 Å². The molecule has 2 aromatic heterocycles. The van der Waals surface area contributed by atoms with Crippen molar-refractivity contribution in [3.8, 4) is 22.3 Å². The Kier molecular flexibility index (Phi) is 6.39. The summed E-state index contributed by atoms with van der Waals surface area (Å²) in [6, 6.07) is 63.1. The molecule has 10 aromatic rings. The first-order valence-corrected chi connectivity index (χ1v) is 17.4. The maximum absolute atomic E-state index is 6.66. The molecule has 0 spiro atoms. The van der Waals surface area contributed by atoms with Crippen LogP contribution in [0.3, 0.4) is 0 Å². The molecule has 0 saturated carbocycles. The summed E-state index contributed by atoms with van der Waals surface area (Å²) in [6.07, 6.45) is 0. The Morgan fingerprint density at radius 3 is 1.65 bits per heavy atom. The molecule has 2 nitrogen and oxygen atoms in total. The molecule has 0 radical (unpaired) electrons. The largest absolute Gasteiger partial charge is 0.455 e. The van der Waals surface area contributed by atoms with Crippen LogP contribution in [0.4, 0.5) is 17.1 Å². The molecule has 2 heterocycles. The Morgan fingerprint density at radius 2 is 0.980 bits per heavy atom. The van der Waals surface area contributed by atoms with Gasteiger partial charge in [-0.25, -0.2) is 0 Å². The third-order valence-corrected chi connectivity index (χ3v) is 10.8. The quantitative estimate of drug-likeness (QED) is 0.186. The Labute approximate surface area is 287 Å². The minimum Gasteiger partial charge on any atom is -0.455 e. The third kappa shape index (κ3) is 4.55. The van der Waals surface area contributed by atoms with Gasteiger partial charge in [0, 0.05) is 47.7 Å². The minimum atomic E-state index is 0.916. The van der Waals surface area contributed by atoms with Crippen LogP contribution >= 0.6 is 11.3 Å². The maximum Gasteiger partial charge on any atom is 0.143 e. The second-order valence-electron chi connectivity index (χ2n) is 12.5. The summed E-state index contributed by atoms with van der Waals surface area (Å²) in [5, 5.41) is 7.14. The van der Waals surface area contributed by atoms with E-state index in [1.165, 1.54) is 53.2 Å². The van der Waals surface area contributed by atoms with Crippen molar-refractivity contribution < 1.29 is 4.42 Å². The fraction of sp³-hybridized carbons (Fsp3) is 0. The lowest BCUT2D eigenvalue weighted by Gasteiger charge is -2.27. The van der Waals surface area contributed by atoms with Crippen molar-refractivity contribution in [3.05, 3.63) is 176 Å². The van der Waals surface area contributed by atoms with Gasteiger partial charge < -0.3 is 9.32 Å². The SMILES string of the molecule is c1ccc(-c2ccc(N(c3ccc(-c4ccccc4)cc3)c3cccc4sc5ccc6oc7c8ccccc8ccc7c6c5c34)cc2)cc1. The highest BCUT2D eigenvalue weighted by Gasteiger charge is 2.22. The molecule has 0 aliphatic carbocycles. The molecule has 0 bridgehead atoms. The molecule has 0 saturated heterocycles. The number of hydrogen-bond donors (Lipinski definition) is 0. The van der Waals surface area contributed by atoms with E-state index in [9.17, 15) is 0 Å². The summed E-state index contributed by atoms with van der Waals surface area (Å²) in [7, 11) is 0. The highest BCUT2D eigenvalue weighted by molar-refractivity contribution is 7.26. The summed E-state index contributed by atoms with van der Waals surface area (Å²) in [5.41, 5.74) is 10.0. The number of anilines is 3. The second-order valence-corrected chi connectivity index (χ2v) is 13.6. The van der Waals surface area contributed by atoms with Crippen molar-refractivity contribution in [2.45, 2.75) is 0 Å². The zero-order valence-electron chi connectivity index (χ0n) is 26.5.